The molecule has 3 nitrogen and oxygen atoms in total. The molecule has 0 bridgehead atoms. The highest BCUT2D eigenvalue weighted by atomic mass is 16.5. The summed E-state index contributed by atoms with van der Waals surface area (Å²) in [6.07, 6.45) is 0.789. The van der Waals surface area contributed by atoms with Gasteiger partial charge in [-0.05, 0) is 13.8 Å². The highest BCUT2D eigenvalue weighted by molar-refractivity contribution is 5.75. The smallest absolute Gasteiger partial charge is 0.184 e. The van der Waals surface area contributed by atoms with Gasteiger partial charge in [0.05, 0.1) is 7.11 Å². The van der Waals surface area contributed by atoms with Crippen LogP contribution in [-0.2, 0) is 4.74 Å². The molecule has 3 heteroatoms. The third kappa shape index (κ3) is 4.32. The minimum absolute atomic E-state index is 0.513. The predicted octanol–water partition coefficient (Wildman–Crippen LogP) is 1.14. The standard InChI is InChI=1S/C7H16N2O/c1-5-6(10-4)9-7(2,3)8/h5,8H2,1-4H3/b9-6+. The van der Waals surface area contributed by atoms with Gasteiger partial charge in [-0.1, -0.05) is 6.92 Å². The topological polar surface area (TPSA) is 47.6 Å². The van der Waals surface area contributed by atoms with Crippen molar-refractivity contribution in [3.63, 3.8) is 0 Å². The Balaban J connectivity index is 4.11. The van der Waals surface area contributed by atoms with Gasteiger partial charge in [0.1, 0.15) is 5.66 Å². The van der Waals surface area contributed by atoms with E-state index in [0.29, 0.717) is 5.90 Å². The lowest BCUT2D eigenvalue weighted by Crippen LogP contribution is -2.30. The Morgan fingerprint density at radius 3 is 2.20 bits per heavy atom. The van der Waals surface area contributed by atoms with Gasteiger partial charge in [-0.15, -0.1) is 0 Å². The number of ether oxygens (including phenoxy) is 1. The zero-order chi connectivity index (χ0) is 8.20. The second-order valence-electron chi connectivity index (χ2n) is 2.72. The van der Waals surface area contributed by atoms with Gasteiger partial charge in [0, 0.05) is 6.42 Å². The quantitative estimate of drug-likeness (QED) is 0.466. The fraction of sp³-hybridized carbons (Fsp3) is 0.857. The molecular weight excluding hydrogens is 128 g/mol. The molecule has 0 aliphatic heterocycles. The average Bonchev–Trinajstić information content (AvgIpc) is 1.81. The first-order valence-electron chi connectivity index (χ1n) is 3.41. The molecule has 0 aromatic carbocycles. The third-order valence-corrected chi connectivity index (χ3v) is 0.951. The monoisotopic (exact) mass is 144 g/mol. The first-order chi connectivity index (χ1) is 4.49. The van der Waals surface area contributed by atoms with Crippen LogP contribution >= 0.6 is 0 Å². The number of methoxy groups -OCH3 is 1. The predicted molar refractivity (Wildman–Crippen MR) is 43.0 cm³/mol. The van der Waals surface area contributed by atoms with Gasteiger partial charge in [-0.25, -0.2) is 4.99 Å². The molecule has 0 aliphatic rings. The molecule has 0 spiro atoms. The normalized spacial score (nSPS) is 13.5. The lowest BCUT2D eigenvalue weighted by atomic mass is 10.3. The average molecular weight is 144 g/mol. The van der Waals surface area contributed by atoms with Crippen LogP contribution in [0.25, 0.3) is 0 Å². The zero-order valence-electron chi connectivity index (χ0n) is 7.14. The second kappa shape index (κ2) is 3.56. The van der Waals surface area contributed by atoms with E-state index < -0.39 is 5.66 Å². The van der Waals surface area contributed by atoms with Crippen molar-refractivity contribution in [2.45, 2.75) is 32.9 Å². The van der Waals surface area contributed by atoms with E-state index in [2.05, 4.69) is 4.99 Å². The van der Waals surface area contributed by atoms with Gasteiger partial charge in [-0.2, -0.15) is 0 Å². The van der Waals surface area contributed by atoms with E-state index in [-0.39, 0.29) is 0 Å². The number of nitrogens with two attached hydrogens (primary N) is 1. The first kappa shape index (κ1) is 9.43. The van der Waals surface area contributed by atoms with Crippen LogP contribution < -0.4 is 5.73 Å². The van der Waals surface area contributed by atoms with Crippen LogP contribution in [-0.4, -0.2) is 18.7 Å². The molecule has 0 fully saturated rings. The van der Waals surface area contributed by atoms with E-state index in [4.69, 9.17) is 10.5 Å². The van der Waals surface area contributed by atoms with E-state index in [1.165, 1.54) is 0 Å². The largest absolute Gasteiger partial charge is 0.484 e. The summed E-state index contributed by atoms with van der Waals surface area (Å²) in [7, 11) is 1.61. The minimum atomic E-state index is -0.513. The van der Waals surface area contributed by atoms with E-state index in [1.807, 2.05) is 20.8 Å². The summed E-state index contributed by atoms with van der Waals surface area (Å²) in [6.45, 7) is 5.65. The molecule has 0 aromatic rings. The Bertz CT molecular complexity index is 118. The van der Waals surface area contributed by atoms with Crippen molar-refractivity contribution in [3.8, 4) is 0 Å². The van der Waals surface area contributed by atoms with E-state index in [9.17, 15) is 0 Å². The van der Waals surface area contributed by atoms with Gasteiger partial charge >= 0.3 is 0 Å². The summed E-state index contributed by atoms with van der Waals surface area (Å²) in [5.74, 6) is 0.701. The molecule has 60 valence electrons. The number of hydrogen-bond donors (Lipinski definition) is 1. The second-order valence-corrected chi connectivity index (χ2v) is 2.72. The lowest BCUT2D eigenvalue weighted by molar-refractivity contribution is 0.378. The van der Waals surface area contributed by atoms with Crippen molar-refractivity contribution in [1.82, 2.24) is 0 Å². The zero-order valence-corrected chi connectivity index (χ0v) is 7.14. The van der Waals surface area contributed by atoms with Gasteiger partial charge in [-0.3, -0.25) is 0 Å². The molecule has 2 N–H and O–H groups in total. The van der Waals surface area contributed by atoms with Crippen LogP contribution in [0.15, 0.2) is 4.99 Å². The van der Waals surface area contributed by atoms with E-state index in [0.717, 1.165) is 6.42 Å². The van der Waals surface area contributed by atoms with Crippen molar-refractivity contribution in [2.75, 3.05) is 7.11 Å². The fourth-order valence-corrected chi connectivity index (χ4v) is 0.590. The SMILES string of the molecule is CC/C(=N\C(C)(C)N)OC. The van der Waals surface area contributed by atoms with Gasteiger partial charge in [0.25, 0.3) is 0 Å². The van der Waals surface area contributed by atoms with Crippen LogP contribution in [0.3, 0.4) is 0 Å². The van der Waals surface area contributed by atoms with Crippen LogP contribution in [0, 0.1) is 0 Å². The molecule has 0 aliphatic carbocycles. The summed E-state index contributed by atoms with van der Waals surface area (Å²) >= 11 is 0. The molecule has 0 radical (unpaired) electrons. The van der Waals surface area contributed by atoms with E-state index >= 15 is 0 Å². The first-order valence-corrected chi connectivity index (χ1v) is 3.41. The summed E-state index contributed by atoms with van der Waals surface area (Å²) in [6, 6.07) is 0. The summed E-state index contributed by atoms with van der Waals surface area (Å²) < 4.78 is 4.95. The molecule has 0 unspecified atom stereocenters. The van der Waals surface area contributed by atoms with Crippen molar-refractivity contribution in [1.29, 1.82) is 0 Å². The molecule has 0 aromatic heterocycles. The lowest BCUT2D eigenvalue weighted by Gasteiger charge is -2.13. The number of rotatable bonds is 2. The minimum Gasteiger partial charge on any atom is -0.484 e. The highest BCUT2D eigenvalue weighted by Crippen LogP contribution is 2.00. The van der Waals surface area contributed by atoms with Gasteiger partial charge in [0.2, 0.25) is 0 Å². The van der Waals surface area contributed by atoms with Gasteiger partial charge < -0.3 is 10.5 Å². The third-order valence-electron chi connectivity index (χ3n) is 0.951. The maximum absolute atomic E-state index is 5.62. The Labute approximate surface area is 62.3 Å². The Morgan fingerprint density at radius 2 is 2.10 bits per heavy atom. The summed E-state index contributed by atoms with van der Waals surface area (Å²) in [5.41, 5.74) is 5.11. The molecule has 0 heterocycles. The van der Waals surface area contributed by atoms with Crippen LogP contribution in [0.4, 0.5) is 0 Å². The van der Waals surface area contributed by atoms with Gasteiger partial charge in [0.15, 0.2) is 5.90 Å². The summed E-state index contributed by atoms with van der Waals surface area (Å²) in [5, 5.41) is 0. The molecule has 0 saturated carbocycles. The highest BCUT2D eigenvalue weighted by Gasteiger charge is 2.08. The Hall–Kier alpha value is -0.570. The van der Waals surface area contributed by atoms with E-state index in [1.54, 1.807) is 7.11 Å². The Morgan fingerprint density at radius 1 is 1.60 bits per heavy atom. The van der Waals surface area contributed by atoms with Crippen LogP contribution in [0.5, 0.6) is 0 Å². The van der Waals surface area contributed by atoms with Crippen molar-refractivity contribution < 1.29 is 4.74 Å². The number of hydrogen-bond acceptors (Lipinski definition) is 3. The molecule has 0 saturated heterocycles. The molecule has 10 heavy (non-hydrogen) atoms. The molecule has 0 atom stereocenters. The van der Waals surface area contributed by atoms with Crippen molar-refractivity contribution >= 4 is 5.90 Å². The summed E-state index contributed by atoms with van der Waals surface area (Å²) in [4.78, 5) is 4.12. The van der Waals surface area contributed by atoms with Crippen molar-refractivity contribution in [3.05, 3.63) is 0 Å². The maximum Gasteiger partial charge on any atom is 0.184 e. The van der Waals surface area contributed by atoms with Crippen LogP contribution in [0.1, 0.15) is 27.2 Å². The molecular formula is C7H16N2O. The van der Waals surface area contributed by atoms with Crippen molar-refractivity contribution in [2.24, 2.45) is 10.7 Å². The molecule has 0 amide bonds. The fourth-order valence-electron chi connectivity index (χ4n) is 0.590. The van der Waals surface area contributed by atoms with Crippen LogP contribution in [0.2, 0.25) is 0 Å². The molecule has 0 rings (SSSR count). The Kier molecular flexibility index (Phi) is 3.36. The number of nitrogens with zero attached hydrogens (tertiary/aromatic N) is 1. The maximum atomic E-state index is 5.62. The number of aliphatic imine (C=N–C) groups is 1.